The summed E-state index contributed by atoms with van der Waals surface area (Å²) in [6.45, 7) is 4.51. The van der Waals surface area contributed by atoms with Crippen molar-refractivity contribution in [3.8, 4) is 0 Å². The molecule has 5 heteroatoms. The molecule has 1 heterocycles. The smallest absolute Gasteiger partial charge is 0.292 e. The van der Waals surface area contributed by atoms with Gasteiger partial charge in [0.25, 0.3) is 5.69 Å². The first-order chi connectivity index (χ1) is 8.56. The topological polar surface area (TPSA) is 64.4 Å². The zero-order valence-corrected chi connectivity index (χ0v) is 10.7. The van der Waals surface area contributed by atoms with Crippen LogP contribution in [0.25, 0.3) is 0 Å². The maximum Gasteiger partial charge on any atom is 0.292 e. The molecule has 1 aliphatic rings. The van der Waals surface area contributed by atoms with Crippen LogP contribution in [0, 0.1) is 17.0 Å². The van der Waals surface area contributed by atoms with Crippen molar-refractivity contribution in [3.63, 3.8) is 0 Å². The van der Waals surface area contributed by atoms with Crippen LogP contribution >= 0.6 is 0 Å². The number of nitro groups is 1. The van der Waals surface area contributed by atoms with E-state index in [0.717, 1.165) is 18.4 Å². The third-order valence-electron chi connectivity index (χ3n) is 3.19. The Morgan fingerprint density at radius 1 is 1.50 bits per heavy atom. The summed E-state index contributed by atoms with van der Waals surface area (Å²) in [4.78, 5) is 10.6. The van der Waals surface area contributed by atoms with Crippen molar-refractivity contribution in [3.05, 3.63) is 33.9 Å². The third-order valence-corrected chi connectivity index (χ3v) is 3.19. The zero-order chi connectivity index (χ0) is 13.1. The molecule has 1 saturated heterocycles. The molecule has 1 fully saturated rings. The number of hydrogen-bond donors (Lipinski definition) is 1. The fraction of sp³-hybridized carbons (Fsp3) is 0.538. The van der Waals surface area contributed by atoms with Gasteiger partial charge in [-0.05, 0) is 38.3 Å². The minimum atomic E-state index is -0.354. The van der Waals surface area contributed by atoms with Crippen LogP contribution < -0.4 is 5.32 Å². The van der Waals surface area contributed by atoms with E-state index in [0.29, 0.717) is 18.3 Å². The number of benzene rings is 1. The average Bonchev–Trinajstić information content (AvgIpc) is 2.73. The maximum absolute atomic E-state index is 11.0. The minimum absolute atomic E-state index is 0.126. The largest absolute Gasteiger partial charge is 0.377 e. The van der Waals surface area contributed by atoms with Gasteiger partial charge >= 0.3 is 0 Å². The van der Waals surface area contributed by atoms with Crippen LogP contribution in [0.4, 0.5) is 11.4 Å². The van der Waals surface area contributed by atoms with E-state index < -0.39 is 0 Å². The molecule has 98 valence electrons. The molecular formula is C13H18N2O3. The lowest BCUT2D eigenvalue weighted by atomic mass is 10.1. The Balaban J connectivity index is 2.02. The summed E-state index contributed by atoms with van der Waals surface area (Å²) < 4.78 is 5.67. The average molecular weight is 250 g/mol. The van der Waals surface area contributed by atoms with E-state index in [9.17, 15) is 10.1 Å². The lowest BCUT2D eigenvalue weighted by Crippen LogP contribution is -2.20. The number of nitrogens with zero attached hydrogens (tertiary/aromatic N) is 1. The summed E-state index contributed by atoms with van der Waals surface area (Å²) in [5.41, 5.74) is 1.58. The Kier molecular flexibility index (Phi) is 3.81. The van der Waals surface area contributed by atoms with Gasteiger partial charge < -0.3 is 10.1 Å². The Bertz CT molecular complexity index is 448. The predicted octanol–water partition coefficient (Wildman–Crippen LogP) is 2.88. The molecule has 2 atom stereocenters. The fourth-order valence-corrected chi connectivity index (χ4v) is 2.20. The summed E-state index contributed by atoms with van der Waals surface area (Å²) in [5, 5.41) is 14.1. The van der Waals surface area contributed by atoms with Gasteiger partial charge in [0.1, 0.15) is 5.69 Å². The van der Waals surface area contributed by atoms with E-state index in [4.69, 9.17) is 4.74 Å². The van der Waals surface area contributed by atoms with Gasteiger partial charge in [-0.3, -0.25) is 10.1 Å². The molecule has 0 amide bonds. The van der Waals surface area contributed by atoms with Gasteiger partial charge in [0.2, 0.25) is 0 Å². The van der Waals surface area contributed by atoms with Gasteiger partial charge in [-0.25, -0.2) is 0 Å². The van der Waals surface area contributed by atoms with Gasteiger partial charge in [0.05, 0.1) is 17.1 Å². The highest BCUT2D eigenvalue weighted by atomic mass is 16.6. The van der Waals surface area contributed by atoms with Crippen molar-refractivity contribution in [1.29, 1.82) is 0 Å². The van der Waals surface area contributed by atoms with Crippen molar-refractivity contribution in [2.45, 2.75) is 38.9 Å². The molecule has 0 saturated carbocycles. The molecule has 0 aromatic heterocycles. The summed E-state index contributed by atoms with van der Waals surface area (Å²) in [6, 6.07) is 5.21. The molecule has 1 aromatic rings. The van der Waals surface area contributed by atoms with Crippen LogP contribution in [0.5, 0.6) is 0 Å². The normalized spacial score (nSPS) is 23.0. The van der Waals surface area contributed by atoms with Crippen LogP contribution in [0.15, 0.2) is 18.2 Å². The summed E-state index contributed by atoms with van der Waals surface area (Å²) in [6.07, 6.45) is 2.52. The summed E-state index contributed by atoms with van der Waals surface area (Å²) in [5.74, 6) is 0. The van der Waals surface area contributed by atoms with Gasteiger partial charge in [-0.2, -0.15) is 0 Å². The number of nitrogens with one attached hydrogen (secondary N) is 1. The molecule has 0 spiro atoms. The number of ether oxygens (including phenoxy) is 1. The molecule has 18 heavy (non-hydrogen) atoms. The van der Waals surface area contributed by atoms with Crippen molar-refractivity contribution in [2.24, 2.45) is 0 Å². The second-order valence-electron chi connectivity index (χ2n) is 4.80. The molecule has 1 N–H and O–H groups in total. The molecular weight excluding hydrogens is 232 g/mol. The van der Waals surface area contributed by atoms with E-state index >= 15 is 0 Å². The first-order valence-electron chi connectivity index (χ1n) is 6.20. The van der Waals surface area contributed by atoms with Crippen molar-refractivity contribution >= 4 is 11.4 Å². The van der Waals surface area contributed by atoms with Gasteiger partial charge in [-0.15, -0.1) is 0 Å². The molecule has 0 radical (unpaired) electrons. The number of rotatable bonds is 4. The quantitative estimate of drug-likeness (QED) is 0.659. The SMILES string of the molecule is Cc1ccc(NCC2CCC(C)O2)c([N+](=O)[O-])c1. The van der Waals surface area contributed by atoms with E-state index in [2.05, 4.69) is 5.32 Å². The molecule has 2 rings (SSSR count). The molecule has 2 unspecified atom stereocenters. The van der Waals surface area contributed by atoms with Crippen LogP contribution in [-0.4, -0.2) is 23.7 Å². The number of anilines is 1. The standard InChI is InChI=1S/C13H18N2O3/c1-9-3-6-12(13(7-9)15(16)17)14-8-11-5-4-10(2)18-11/h3,6-7,10-11,14H,4-5,8H2,1-2H3. The molecule has 5 nitrogen and oxygen atoms in total. The van der Waals surface area contributed by atoms with E-state index in [1.807, 2.05) is 19.9 Å². The highest BCUT2D eigenvalue weighted by Crippen LogP contribution is 2.26. The number of hydrogen-bond acceptors (Lipinski definition) is 4. The minimum Gasteiger partial charge on any atom is -0.377 e. The maximum atomic E-state index is 11.0. The van der Waals surface area contributed by atoms with E-state index in [1.165, 1.54) is 0 Å². The Morgan fingerprint density at radius 2 is 2.28 bits per heavy atom. The van der Waals surface area contributed by atoms with Crippen molar-refractivity contribution in [1.82, 2.24) is 0 Å². The van der Waals surface area contributed by atoms with Gasteiger partial charge in [-0.1, -0.05) is 6.07 Å². The first kappa shape index (κ1) is 12.8. The Morgan fingerprint density at radius 3 is 2.89 bits per heavy atom. The molecule has 0 aliphatic carbocycles. The molecule has 1 aliphatic heterocycles. The van der Waals surface area contributed by atoms with Crippen molar-refractivity contribution in [2.75, 3.05) is 11.9 Å². The summed E-state index contributed by atoms with van der Waals surface area (Å²) >= 11 is 0. The molecule has 0 bridgehead atoms. The Labute approximate surface area is 106 Å². The second-order valence-corrected chi connectivity index (χ2v) is 4.80. The van der Waals surface area contributed by atoms with E-state index in [1.54, 1.807) is 12.1 Å². The number of nitro benzene ring substituents is 1. The van der Waals surface area contributed by atoms with Crippen molar-refractivity contribution < 1.29 is 9.66 Å². The number of aryl methyl sites for hydroxylation is 1. The summed E-state index contributed by atoms with van der Waals surface area (Å²) in [7, 11) is 0. The van der Waals surface area contributed by atoms with E-state index in [-0.39, 0.29) is 16.7 Å². The first-order valence-corrected chi connectivity index (χ1v) is 6.20. The van der Waals surface area contributed by atoms with Crippen LogP contribution in [-0.2, 0) is 4.74 Å². The Hall–Kier alpha value is -1.62. The van der Waals surface area contributed by atoms with Gasteiger partial charge in [0.15, 0.2) is 0 Å². The van der Waals surface area contributed by atoms with Crippen LogP contribution in [0.1, 0.15) is 25.3 Å². The second kappa shape index (κ2) is 5.35. The highest BCUT2D eigenvalue weighted by molar-refractivity contribution is 5.62. The fourth-order valence-electron chi connectivity index (χ4n) is 2.20. The zero-order valence-electron chi connectivity index (χ0n) is 10.7. The predicted molar refractivity (Wildman–Crippen MR) is 69.9 cm³/mol. The molecule has 1 aromatic carbocycles. The van der Waals surface area contributed by atoms with Gasteiger partial charge in [0, 0.05) is 12.6 Å². The van der Waals surface area contributed by atoms with Crippen LogP contribution in [0.3, 0.4) is 0 Å². The monoisotopic (exact) mass is 250 g/mol. The third kappa shape index (κ3) is 2.98. The lowest BCUT2D eigenvalue weighted by Gasteiger charge is -2.13. The highest BCUT2D eigenvalue weighted by Gasteiger charge is 2.22. The lowest BCUT2D eigenvalue weighted by molar-refractivity contribution is -0.384. The van der Waals surface area contributed by atoms with Crippen LogP contribution in [0.2, 0.25) is 0 Å².